The van der Waals surface area contributed by atoms with Crippen LogP contribution in [0.4, 0.5) is 31.7 Å². The van der Waals surface area contributed by atoms with Crippen LogP contribution in [0.5, 0.6) is 0 Å². The highest BCUT2D eigenvalue weighted by molar-refractivity contribution is 7.92. The molecule has 8 rings (SSSR count). The zero-order valence-electron chi connectivity index (χ0n) is 26.1. The van der Waals surface area contributed by atoms with Crippen LogP contribution in [0.25, 0.3) is 27.9 Å². The van der Waals surface area contributed by atoms with Crippen molar-refractivity contribution < 1.29 is 21.9 Å². The highest BCUT2D eigenvalue weighted by Crippen LogP contribution is 2.39. The first-order valence-electron chi connectivity index (χ1n) is 15.7. The number of hydrogen-bond acceptors (Lipinski definition) is 10. The molecule has 0 radical (unpaired) electrons. The van der Waals surface area contributed by atoms with Crippen LogP contribution < -0.4 is 14.9 Å². The second-order valence-corrected chi connectivity index (χ2v) is 14.5. The molecule has 12 nitrogen and oxygen atoms in total. The van der Waals surface area contributed by atoms with Crippen molar-refractivity contribution in [3.63, 3.8) is 0 Å². The minimum Gasteiger partial charge on any atom is -0.375 e. The number of nitrogens with zero attached hydrogens (tertiary/aromatic N) is 7. The third-order valence-corrected chi connectivity index (χ3v) is 11.5. The molecule has 3 aromatic heterocycles. The number of fused-ring (bicyclic) bond motifs is 2. The SMILES string of the molecule is O=S(=O)(Nc1ccc(F)c(Nc2ncnc3ccc(-n4nnc5c(N6CCC7(CCCO7)CC6)cccc54)nc23)c1F)c1cccc(Cl)c1Cl. The number of anilines is 4. The fourth-order valence-corrected chi connectivity index (χ4v) is 8.38. The van der Waals surface area contributed by atoms with Crippen molar-refractivity contribution in [3.05, 3.63) is 88.7 Å². The summed E-state index contributed by atoms with van der Waals surface area (Å²) in [5, 5.41) is 11.3. The Kier molecular flexibility index (Phi) is 8.17. The number of nitrogens with one attached hydrogen (secondary N) is 2. The lowest BCUT2D eigenvalue weighted by Crippen LogP contribution is -2.44. The number of halogens is 4. The third kappa shape index (κ3) is 5.73. The number of aromatic nitrogens is 6. The largest absolute Gasteiger partial charge is 0.375 e. The molecule has 0 amide bonds. The molecule has 0 aliphatic carbocycles. The van der Waals surface area contributed by atoms with Crippen molar-refractivity contribution in [2.45, 2.75) is 36.2 Å². The summed E-state index contributed by atoms with van der Waals surface area (Å²) in [6.07, 6.45) is 5.31. The van der Waals surface area contributed by atoms with Gasteiger partial charge < -0.3 is 15.0 Å². The van der Waals surface area contributed by atoms with Crippen LogP contribution in [0.3, 0.4) is 0 Å². The summed E-state index contributed by atoms with van der Waals surface area (Å²) >= 11 is 12.1. The van der Waals surface area contributed by atoms with E-state index in [9.17, 15) is 8.42 Å². The van der Waals surface area contributed by atoms with E-state index in [0.717, 1.165) is 68.7 Å². The van der Waals surface area contributed by atoms with Gasteiger partial charge in [-0.15, -0.1) is 5.10 Å². The molecule has 2 fully saturated rings. The lowest BCUT2D eigenvalue weighted by Gasteiger charge is -2.39. The monoisotopic (exact) mass is 737 g/mol. The van der Waals surface area contributed by atoms with Crippen LogP contribution in [0.15, 0.2) is 71.9 Å². The average molecular weight is 739 g/mol. The second kappa shape index (κ2) is 12.6. The summed E-state index contributed by atoms with van der Waals surface area (Å²) < 4.78 is 66.9. The lowest BCUT2D eigenvalue weighted by molar-refractivity contribution is -0.0145. The smallest absolute Gasteiger partial charge is 0.263 e. The molecule has 50 heavy (non-hydrogen) atoms. The molecule has 0 bridgehead atoms. The minimum absolute atomic E-state index is 0.00658. The van der Waals surface area contributed by atoms with E-state index in [1.54, 1.807) is 16.8 Å². The summed E-state index contributed by atoms with van der Waals surface area (Å²) in [4.78, 5) is 15.1. The first-order valence-corrected chi connectivity index (χ1v) is 17.9. The minimum atomic E-state index is -4.41. The Morgan fingerprint density at radius 2 is 1.74 bits per heavy atom. The quantitative estimate of drug-likeness (QED) is 0.175. The molecule has 0 unspecified atom stereocenters. The van der Waals surface area contributed by atoms with E-state index in [0.29, 0.717) is 16.9 Å². The van der Waals surface area contributed by atoms with E-state index in [2.05, 4.69) is 35.2 Å². The molecule has 2 aliphatic heterocycles. The Bertz CT molecular complexity index is 2400. The van der Waals surface area contributed by atoms with Crippen molar-refractivity contribution in [1.82, 2.24) is 29.9 Å². The van der Waals surface area contributed by atoms with Crippen LogP contribution in [-0.2, 0) is 14.8 Å². The van der Waals surface area contributed by atoms with Gasteiger partial charge in [0, 0.05) is 19.7 Å². The van der Waals surface area contributed by atoms with Gasteiger partial charge in [0.15, 0.2) is 17.5 Å². The van der Waals surface area contributed by atoms with Crippen molar-refractivity contribution in [1.29, 1.82) is 0 Å². The molecular formula is C33H27Cl2F2N9O3S. The molecule has 5 heterocycles. The summed E-state index contributed by atoms with van der Waals surface area (Å²) in [5.74, 6) is -1.90. The fraction of sp³-hybridized carbons (Fsp3) is 0.242. The third-order valence-electron chi connectivity index (χ3n) is 9.12. The number of pyridine rings is 1. The number of ether oxygens (including phenoxy) is 1. The van der Waals surface area contributed by atoms with Crippen molar-refractivity contribution in [2.75, 3.05) is 34.6 Å². The van der Waals surface area contributed by atoms with Crippen molar-refractivity contribution in [3.8, 4) is 5.82 Å². The number of benzene rings is 3. The van der Waals surface area contributed by atoms with Crippen LogP contribution in [0.2, 0.25) is 10.0 Å². The zero-order valence-corrected chi connectivity index (χ0v) is 28.4. The Morgan fingerprint density at radius 1 is 0.920 bits per heavy atom. The fourth-order valence-electron chi connectivity index (χ4n) is 6.55. The first kappa shape index (κ1) is 32.5. The van der Waals surface area contributed by atoms with Gasteiger partial charge in [0.25, 0.3) is 10.0 Å². The van der Waals surface area contributed by atoms with E-state index >= 15 is 8.78 Å². The highest BCUT2D eigenvalue weighted by Gasteiger charge is 2.38. The molecule has 2 aliphatic rings. The number of sulfonamides is 1. The van der Waals surface area contributed by atoms with Gasteiger partial charge in [-0.05, 0) is 74.2 Å². The summed E-state index contributed by atoms with van der Waals surface area (Å²) in [6.45, 7) is 2.51. The standard InChI is InChI=1S/C33H27Cl2F2N9O3S/c34-19-4-1-7-25(27(19)35)50(47,48)43-21-9-8-20(36)29(28(21)37)41-32-30-22(38-18-39-32)10-11-26(40-30)46-24-6-2-5-23(31(24)42-44-46)45-15-13-33(14-16-45)12-3-17-49-33/h1-2,4-11,18,43H,3,12-17H2,(H,38,39,41). The van der Waals surface area contributed by atoms with E-state index in [1.807, 2.05) is 18.2 Å². The molecule has 1 spiro atoms. The van der Waals surface area contributed by atoms with Crippen molar-refractivity contribution in [2.24, 2.45) is 0 Å². The van der Waals surface area contributed by atoms with Gasteiger partial charge in [-0.2, -0.15) is 4.68 Å². The maximum Gasteiger partial charge on any atom is 0.263 e. The lowest BCUT2D eigenvalue weighted by atomic mass is 9.88. The maximum atomic E-state index is 15.8. The molecule has 2 saturated heterocycles. The van der Waals surface area contributed by atoms with E-state index in [4.69, 9.17) is 32.9 Å². The van der Waals surface area contributed by atoms with Gasteiger partial charge in [0.1, 0.15) is 33.8 Å². The Balaban J connectivity index is 1.11. The molecule has 3 aromatic carbocycles. The molecule has 256 valence electrons. The molecular weight excluding hydrogens is 711 g/mol. The van der Waals surface area contributed by atoms with Crippen LogP contribution in [-0.4, -0.2) is 63.7 Å². The number of hydrogen-bond donors (Lipinski definition) is 2. The first-order chi connectivity index (χ1) is 24.1. The maximum absolute atomic E-state index is 15.8. The van der Waals surface area contributed by atoms with Crippen LogP contribution in [0.1, 0.15) is 25.7 Å². The molecule has 0 atom stereocenters. The van der Waals surface area contributed by atoms with Gasteiger partial charge >= 0.3 is 0 Å². The van der Waals surface area contributed by atoms with Gasteiger partial charge in [0.05, 0.1) is 38.1 Å². The zero-order chi connectivity index (χ0) is 34.6. The molecule has 17 heteroatoms. The second-order valence-electron chi connectivity index (χ2n) is 12.1. The average Bonchev–Trinajstić information content (AvgIpc) is 3.77. The molecule has 6 aromatic rings. The molecule has 2 N–H and O–H groups in total. The predicted molar refractivity (Wildman–Crippen MR) is 186 cm³/mol. The normalized spacial score (nSPS) is 16.0. The van der Waals surface area contributed by atoms with Gasteiger partial charge in [-0.3, -0.25) is 4.72 Å². The molecule has 0 saturated carbocycles. The Morgan fingerprint density at radius 3 is 2.54 bits per heavy atom. The number of piperidine rings is 1. The van der Waals surface area contributed by atoms with Crippen LogP contribution >= 0.6 is 23.2 Å². The summed E-state index contributed by atoms with van der Waals surface area (Å²) in [7, 11) is -4.41. The number of rotatable bonds is 7. The Hall–Kier alpha value is -4.70. The predicted octanol–water partition coefficient (Wildman–Crippen LogP) is 7.04. The highest BCUT2D eigenvalue weighted by atomic mass is 35.5. The van der Waals surface area contributed by atoms with Gasteiger partial charge in [0.2, 0.25) is 0 Å². The van der Waals surface area contributed by atoms with E-state index in [-0.39, 0.29) is 31.9 Å². The topological polar surface area (TPSA) is 140 Å². The van der Waals surface area contributed by atoms with Gasteiger partial charge in [-0.25, -0.2) is 32.2 Å². The van der Waals surface area contributed by atoms with Crippen molar-refractivity contribution >= 4 is 78.2 Å². The van der Waals surface area contributed by atoms with Gasteiger partial charge in [-0.1, -0.05) is 40.5 Å². The van der Waals surface area contributed by atoms with Crippen LogP contribution in [0, 0.1) is 11.6 Å². The summed E-state index contributed by atoms with van der Waals surface area (Å²) in [6, 6.07) is 15.1. The summed E-state index contributed by atoms with van der Waals surface area (Å²) in [5.41, 5.74) is 1.72. The Labute approximate surface area is 294 Å². The van der Waals surface area contributed by atoms with E-state index in [1.165, 1.54) is 24.5 Å². The van der Waals surface area contributed by atoms with E-state index < -0.39 is 33.0 Å².